The summed E-state index contributed by atoms with van der Waals surface area (Å²) < 4.78 is 13.6. The maximum atomic E-state index is 13.6. The van der Waals surface area contributed by atoms with Gasteiger partial charge in [0, 0.05) is 11.3 Å². The smallest absolute Gasteiger partial charge is 0.191 e. The minimum absolute atomic E-state index is 0.214. The van der Waals surface area contributed by atoms with Crippen LogP contribution in [0, 0.1) is 19.7 Å². The standard InChI is InChI=1S/C16H15ClFN3S/c1-10-5-3-6-11(2)15(10)20-16(22)21-19-9-12-13(17)7-4-8-14(12)18/h3-9H,1-2H3,(H2,20,21,22)/b19-9-. The Bertz CT molecular complexity index is 691. The van der Waals surface area contributed by atoms with Crippen molar-refractivity contribution in [1.82, 2.24) is 5.43 Å². The summed E-state index contributed by atoms with van der Waals surface area (Å²) in [6.45, 7) is 3.97. The predicted molar refractivity (Wildman–Crippen MR) is 94.3 cm³/mol. The van der Waals surface area contributed by atoms with Gasteiger partial charge in [-0.2, -0.15) is 5.10 Å². The number of anilines is 1. The molecule has 2 aromatic carbocycles. The van der Waals surface area contributed by atoms with E-state index in [1.54, 1.807) is 6.07 Å². The molecule has 0 saturated heterocycles. The van der Waals surface area contributed by atoms with Crippen molar-refractivity contribution in [1.29, 1.82) is 0 Å². The van der Waals surface area contributed by atoms with Crippen LogP contribution in [-0.2, 0) is 0 Å². The first-order valence-corrected chi connectivity index (χ1v) is 7.38. The monoisotopic (exact) mass is 335 g/mol. The third-order valence-electron chi connectivity index (χ3n) is 3.08. The number of hydrogen-bond donors (Lipinski definition) is 2. The molecular weight excluding hydrogens is 321 g/mol. The van der Waals surface area contributed by atoms with E-state index in [0.29, 0.717) is 10.1 Å². The number of halogens is 2. The number of hydrazone groups is 1. The van der Waals surface area contributed by atoms with Crippen LogP contribution in [0.15, 0.2) is 41.5 Å². The predicted octanol–water partition coefficient (Wildman–Crippen LogP) is 4.42. The number of nitrogens with zero attached hydrogens (tertiary/aromatic N) is 1. The van der Waals surface area contributed by atoms with Crippen molar-refractivity contribution in [3.63, 3.8) is 0 Å². The highest BCUT2D eigenvalue weighted by atomic mass is 35.5. The van der Waals surface area contributed by atoms with Crippen LogP contribution in [0.5, 0.6) is 0 Å². The fourth-order valence-corrected chi connectivity index (χ4v) is 2.31. The van der Waals surface area contributed by atoms with Crippen molar-refractivity contribution in [2.75, 3.05) is 5.32 Å². The zero-order valence-corrected chi connectivity index (χ0v) is 13.7. The summed E-state index contributed by atoms with van der Waals surface area (Å²) >= 11 is 11.1. The fourth-order valence-electron chi connectivity index (χ4n) is 1.94. The molecule has 0 radical (unpaired) electrons. The molecule has 6 heteroatoms. The molecule has 2 rings (SSSR count). The van der Waals surface area contributed by atoms with Gasteiger partial charge in [0.15, 0.2) is 5.11 Å². The molecule has 22 heavy (non-hydrogen) atoms. The summed E-state index contributed by atoms with van der Waals surface area (Å²) in [5.41, 5.74) is 5.95. The Morgan fingerprint density at radius 3 is 2.45 bits per heavy atom. The van der Waals surface area contributed by atoms with Crippen LogP contribution in [0.4, 0.5) is 10.1 Å². The molecule has 0 unspecified atom stereocenters. The van der Waals surface area contributed by atoms with Crippen LogP contribution < -0.4 is 10.7 Å². The Morgan fingerprint density at radius 2 is 1.82 bits per heavy atom. The van der Waals surface area contributed by atoms with Gasteiger partial charge in [0.1, 0.15) is 5.82 Å². The van der Waals surface area contributed by atoms with Crippen LogP contribution in [0.2, 0.25) is 5.02 Å². The van der Waals surface area contributed by atoms with E-state index in [1.165, 1.54) is 18.3 Å². The molecule has 2 aromatic rings. The van der Waals surface area contributed by atoms with E-state index in [0.717, 1.165) is 16.8 Å². The lowest BCUT2D eigenvalue weighted by Crippen LogP contribution is -2.24. The van der Waals surface area contributed by atoms with E-state index in [1.807, 2.05) is 32.0 Å². The van der Waals surface area contributed by atoms with Crippen LogP contribution in [0.3, 0.4) is 0 Å². The van der Waals surface area contributed by atoms with Crippen molar-refractivity contribution in [3.05, 3.63) is 63.9 Å². The first kappa shape index (κ1) is 16.4. The summed E-state index contributed by atoms with van der Waals surface area (Å²) in [5.74, 6) is -0.438. The minimum atomic E-state index is -0.438. The highest BCUT2D eigenvalue weighted by Gasteiger charge is 2.05. The van der Waals surface area contributed by atoms with Gasteiger partial charge < -0.3 is 5.32 Å². The van der Waals surface area contributed by atoms with E-state index in [2.05, 4.69) is 15.8 Å². The van der Waals surface area contributed by atoms with Crippen molar-refractivity contribution in [3.8, 4) is 0 Å². The Kier molecular flexibility index (Phi) is 5.46. The topological polar surface area (TPSA) is 36.4 Å². The summed E-state index contributed by atoms with van der Waals surface area (Å²) in [4.78, 5) is 0. The van der Waals surface area contributed by atoms with Gasteiger partial charge in [-0.25, -0.2) is 4.39 Å². The number of thiocarbonyl (C=S) groups is 1. The molecule has 0 aliphatic rings. The lowest BCUT2D eigenvalue weighted by atomic mass is 10.1. The van der Waals surface area contributed by atoms with Crippen LogP contribution in [0.25, 0.3) is 0 Å². The Balaban J connectivity index is 2.03. The van der Waals surface area contributed by atoms with Gasteiger partial charge in [0.05, 0.1) is 11.2 Å². The molecule has 0 fully saturated rings. The Labute approximate surface area is 139 Å². The first-order valence-electron chi connectivity index (χ1n) is 6.59. The highest BCUT2D eigenvalue weighted by Crippen LogP contribution is 2.19. The molecule has 0 aliphatic carbocycles. The second kappa shape index (κ2) is 7.33. The third kappa shape index (κ3) is 4.02. The largest absolute Gasteiger partial charge is 0.331 e. The van der Waals surface area contributed by atoms with Gasteiger partial charge in [0.25, 0.3) is 0 Å². The van der Waals surface area contributed by atoms with E-state index in [4.69, 9.17) is 23.8 Å². The van der Waals surface area contributed by atoms with Gasteiger partial charge in [-0.3, -0.25) is 5.43 Å². The lowest BCUT2D eigenvalue weighted by Gasteiger charge is -2.12. The molecule has 0 heterocycles. The average Bonchev–Trinajstić information content (AvgIpc) is 2.46. The average molecular weight is 336 g/mol. The SMILES string of the molecule is Cc1cccc(C)c1NC(=S)N/N=C\c1c(F)cccc1Cl. The number of benzene rings is 2. The molecule has 0 amide bonds. The quantitative estimate of drug-likeness (QED) is 0.495. The van der Waals surface area contributed by atoms with E-state index < -0.39 is 5.82 Å². The van der Waals surface area contributed by atoms with Crippen molar-refractivity contribution < 1.29 is 4.39 Å². The summed E-state index contributed by atoms with van der Waals surface area (Å²) in [6, 6.07) is 10.4. The number of hydrogen-bond acceptors (Lipinski definition) is 2. The molecule has 0 atom stereocenters. The van der Waals surface area contributed by atoms with E-state index in [9.17, 15) is 4.39 Å². The van der Waals surface area contributed by atoms with Crippen LogP contribution in [0.1, 0.15) is 16.7 Å². The Hall–Kier alpha value is -1.98. The zero-order valence-electron chi connectivity index (χ0n) is 12.2. The maximum Gasteiger partial charge on any atom is 0.191 e. The number of rotatable bonds is 3. The zero-order chi connectivity index (χ0) is 16.1. The van der Waals surface area contributed by atoms with Crippen molar-refractivity contribution in [2.45, 2.75) is 13.8 Å². The number of nitrogens with one attached hydrogen (secondary N) is 2. The molecule has 0 aromatic heterocycles. The molecule has 2 N–H and O–H groups in total. The van der Waals surface area contributed by atoms with Crippen molar-refractivity contribution in [2.24, 2.45) is 5.10 Å². The third-order valence-corrected chi connectivity index (χ3v) is 3.60. The lowest BCUT2D eigenvalue weighted by molar-refractivity contribution is 0.626. The van der Waals surface area contributed by atoms with Gasteiger partial charge in [-0.05, 0) is 49.3 Å². The number of para-hydroxylation sites is 1. The first-order chi connectivity index (χ1) is 10.5. The molecule has 0 aliphatic heterocycles. The van der Waals surface area contributed by atoms with Crippen molar-refractivity contribution >= 4 is 40.8 Å². The van der Waals surface area contributed by atoms with Crippen LogP contribution in [-0.4, -0.2) is 11.3 Å². The summed E-state index contributed by atoms with van der Waals surface area (Å²) in [5, 5.41) is 7.60. The van der Waals surface area contributed by atoms with Gasteiger partial charge in [-0.1, -0.05) is 35.9 Å². The molecule has 3 nitrogen and oxygen atoms in total. The minimum Gasteiger partial charge on any atom is -0.331 e. The molecule has 0 saturated carbocycles. The highest BCUT2D eigenvalue weighted by molar-refractivity contribution is 7.80. The molecule has 114 valence electrons. The summed E-state index contributed by atoms with van der Waals surface area (Å²) in [6.07, 6.45) is 1.30. The maximum absolute atomic E-state index is 13.6. The Morgan fingerprint density at radius 1 is 1.18 bits per heavy atom. The second-order valence-electron chi connectivity index (χ2n) is 4.73. The fraction of sp³-hybridized carbons (Fsp3) is 0.125. The van der Waals surface area contributed by atoms with E-state index >= 15 is 0 Å². The molecular formula is C16H15ClFN3S. The normalized spacial score (nSPS) is 10.7. The number of aryl methyl sites for hydroxylation is 2. The van der Waals surface area contributed by atoms with Gasteiger partial charge in [0.2, 0.25) is 0 Å². The van der Waals surface area contributed by atoms with Gasteiger partial charge in [-0.15, -0.1) is 0 Å². The van der Waals surface area contributed by atoms with E-state index in [-0.39, 0.29) is 5.56 Å². The van der Waals surface area contributed by atoms with Crippen LogP contribution >= 0.6 is 23.8 Å². The summed E-state index contributed by atoms with van der Waals surface area (Å²) in [7, 11) is 0. The molecule has 0 bridgehead atoms. The van der Waals surface area contributed by atoms with Gasteiger partial charge >= 0.3 is 0 Å². The molecule has 0 spiro atoms. The second-order valence-corrected chi connectivity index (χ2v) is 5.54.